The van der Waals surface area contributed by atoms with Gasteiger partial charge in [-0.1, -0.05) is 12.1 Å². The summed E-state index contributed by atoms with van der Waals surface area (Å²) in [5.74, 6) is -2.08. The van der Waals surface area contributed by atoms with Crippen molar-refractivity contribution in [3.8, 4) is 12.1 Å². The molecular weight excluding hydrogens is 344 g/mol. The Morgan fingerprint density at radius 3 is 2.32 bits per heavy atom. The first-order chi connectivity index (χ1) is 11.8. The van der Waals surface area contributed by atoms with Gasteiger partial charge in [0.05, 0.1) is 17.1 Å². The normalized spacial score (nSPS) is 11.5. The Labute approximate surface area is 147 Å². The smallest absolute Gasteiger partial charge is 0.277 e. The van der Waals surface area contributed by atoms with Crippen molar-refractivity contribution in [2.45, 2.75) is 12.8 Å². The fourth-order valence-corrected chi connectivity index (χ4v) is 2.72. The van der Waals surface area contributed by atoms with Crippen LogP contribution in [0.25, 0.3) is 0 Å². The number of aromatic amines is 1. The van der Waals surface area contributed by atoms with Gasteiger partial charge >= 0.3 is 0 Å². The molecule has 1 atom stereocenters. The molecule has 0 aliphatic rings. The lowest BCUT2D eigenvalue weighted by Gasteiger charge is -2.16. The maximum Gasteiger partial charge on any atom is 0.277 e. The minimum absolute atomic E-state index is 0.140. The molecule has 2 rings (SSSR count). The van der Waals surface area contributed by atoms with Crippen molar-refractivity contribution in [3.63, 3.8) is 0 Å². The van der Waals surface area contributed by atoms with E-state index in [1.54, 1.807) is 6.92 Å². The van der Waals surface area contributed by atoms with Gasteiger partial charge in [0, 0.05) is 29.3 Å². The summed E-state index contributed by atoms with van der Waals surface area (Å²) in [5.41, 5.74) is 5.77. The molecule has 0 aliphatic heterocycles. The highest BCUT2D eigenvalue weighted by molar-refractivity contribution is 7.80. The molecule has 0 amide bonds. The molecule has 0 saturated heterocycles. The summed E-state index contributed by atoms with van der Waals surface area (Å²) in [5, 5.41) is 31.9. The van der Waals surface area contributed by atoms with Crippen molar-refractivity contribution < 1.29 is 4.92 Å². The van der Waals surface area contributed by atoms with Crippen LogP contribution in [-0.2, 0) is 0 Å². The highest BCUT2D eigenvalue weighted by Gasteiger charge is 2.31. The lowest BCUT2D eigenvalue weighted by molar-refractivity contribution is -0.384. The van der Waals surface area contributed by atoms with Crippen LogP contribution in [0.1, 0.15) is 22.7 Å². The van der Waals surface area contributed by atoms with Crippen LogP contribution >= 0.6 is 12.2 Å². The summed E-state index contributed by atoms with van der Waals surface area (Å²) in [4.78, 5) is 22.8. The van der Waals surface area contributed by atoms with Crippen LogP contribution in [0.15, 0.2) is 29.1 Å². The first-order valence-corrected chi connectivity index (χ1v) is 7.37. The first kappa shape index (κ1) is 17.8. The van der Waals surface area contributed by atoms with E-state index in [2.05, 4.69) is 5.10 Å². The second kappa shape index (κ2) is 6.95. The van der Waals surface area contributed by atoms with Crippen LogP contribution in [0.3, 0.4) is 0 Å². The Bertz CT molecular complexity index is 963. The maximum atomic E-state index is 12.6. The highest BCUT2D eigenvalue weighted by atomic mass is 32.1. The maximum absolute atomic E-state index is 12.6. The molecule has 10 heteroatoms. The van der Waals surface area contributed by atoms with Crippen LogP contribution in [0.5, 0.6) is 0 Å². The van der Waals surface area contributed by atoms with Gasteiger partial charge in [-0.05, 0) is 24.7 Å². The van der Waals surface area contributed by atoms with Crippen LogP contribution in [-0.4, -0.2) is 19.8 Å². The number of aryl methyl sites for hydroxylation is 1. The molecule has 2 aromatic rings. The van der Waals surface area contributed by atoms with Gasteiger partial charge in [0.15, 0.2) is 5.11 Å². The Balaban J connectivity index is 2.69. The third kappa shape index (κ3) is 3.24. The van der Waals surface area contributed by atoms with E-state index < -0.39 is 22.3 Å². The van der Waals surface area contributed by atoms with Crippen molar-refractivity contribution in [2.24, 2.45) is 11.7 Å². The Kier molecular flexibility index (Phi) is 4.96. The number of nitrogens with two attached hydrogens (primary N) is 1. The Morgan fingerprint density at radius 2 is 1.92 bits per heavy atom. The second-order valence-electron chi connectivity index (χ2n) is 5.19. The fourth-order valence-electron chi connectivity index (χ4n) is 2.59. The minimum atomic E-state index is -1.18. The van der Waals surface area contributed by atoms with E-state index in [0.29, 0.717) is 11.3 Å². The molecule has 1 aromatic carbocycles. The van der Waals surface area contributed by atoms with Crippen molar-refractivity contribution in [2.75, 3.05) is 0 Å². The first-order valence-electron chi connectivity index (χ1n) is 6.96. The third-order valence-electron chi connectivity index (χ3n) is 3.72. The van der Waals surface area contributed by atoms with Crippen LogP contribution in [0, 0.1) is 45.6 Å². The number of thiocarbonyl (C=S) groups is 1. The number of hydrogen-bond acceptors (Lipinski definition) is 6. The number of aromatic nitrogens is 2. The number of H-pyrrole nitrogens is 1. The number of non-ortho nitro benzene ring substituents is 1. The number of nitriles is 2. The number of rotatable bonds is 4. The molecule has 3 N–H and O–H groups in total. The zero-order chi connectivity index (χ0) is 18.7. The van der Waals surface area contributed by atoms with Gasteiger partial charge in [0.2, 0.25) is 0 Å². The van der Waals surface area contributed by atoms with Gasteiger partial charge in [-0.25, -0.2) is 0 Å². The molecule has 0 bridgehead atoms. The van der Waals surface area contributed by atoms with E-state index in [1.165, 1.54) is 24.3 Å². The summed E-state index contributed by atoms with van der Waals surface area (Å²) in [6, 6.07) is 9.06. The van der Waals surface area contributed by atoms with Gasteiger partial charge in [0.1, 0.15) is 5.92 Å². The monoisotopic (exact) mass is 356 g/mol. The van der Waals surface area contributed by atoms with E-state index in [-0.39, 0.29) is 16.4 Å². The molecular formula is C15H12N6O3S. The Morgan fingerprint density at radius 1 is 1.36 bits per heavy atom. The van der Waals surface area contributed by atoms with E-state index >= 15 is 0 Å². The van der Waals surface area contributed by atoms with E-state index in [1.807, 2.05) is 12.1 Å². The van der Waals surface area contributed by atoms with Crippen molar-refractivity contribution in [3.05, 3.63) is 61.6 Å². The quantitative estimate of drug-likeness (QED) is 0.475. The standard InChI is InChI=1S/C15H12N6O3S/c1-8-12(14(22)20(19-8)15(18)25)13(10(6-16)7-17)9-2-4-11(5-3-9)21(23)24/h2-5,10,13,19H,1H3,(H2,18,25)/t13-/m1/s1. The number of benzene rings is 1. The molecule has 1 heterocycles. The summed E-state index contributed by atoms with van der Waals surface area (Å²) >= 11 is 4.80. The molecule has 0 aliphatic carbocycles. The van der Waals surface area contributed by atoms with Crippen LogP contribution in [0.2, 0.25) is 0 Å². The second-order valence-corrected chi connectivity index (χ2v) is 5.61. The Hall–Kier alpha value is -3.50. The number of hydrogen-bond donors (Lipinski definition) is 2. The molecule has 0 spiro atoms. The summed E-state index contributed by atoms with van der Waals surface area (Å²) in [6.45, 7) is 1.59. The van der Waals surface area contributed by atoms with E-state index in [4.69, 9.17) is 18.0 Å². The molecule has 0 radical (unpaired) electrons. The average Bonchev–Trinajstić information content (AvgIpc) is 2.87. The SMILES string of the molecule is Cc1[nH]n(C(N)=S)c(=O)c1[C@H](c1ccc([N+](=O)[O-])cc1)C(C#N)C#N. The molecule has 0 fully saturated rings. The molecule has 126 valence electrons. The van der Waals surface area contributed by atoms with Crippen molar-refractivity contribution in [1.82, 2.24) is 9.78 Å². The van der Waals surface area contributed by atoms with E-state index in [0.717, 1.165) is 4.68 Å². The highest BCUT2D eigenvalue weighted by Crippen LogP contribution is 2.32. The predicted octanol–water partition coefficient (Wildman–Crippen LogP) is 1.28. The summed E-state index contributed by atoms with van der Waals surface area (Å²) in [6.07, 6.45) is 0. The molecule has 25 heavy (non-hydrogen) atoms. The third-order valence-corrected chi connectivity index (χ3v) is 3.91. The van der Waals surface area contributed by atoms with Gasteiger partial charge < -0.3 is 5.73 Å². The minimum Gasteiger partial charge on any atom is -0.374 e. The van der Waals surface area contributed by atoms with Gasteiger partial charge in [0.25, 0.3) is 11.2 Å². The number of nitro benzene ring substituents is 1. The lowest BCUT2D eigenvalue weighted by Crippen LogP contribution is -2.32. The lowest BCUT2D eigenvalue weighted by atomic mass is 9.82. The number of nitrogens with one attached hydrogen (secondary N) is 1. The number of nitro groups is 1. The topological polar surface area (TPSA) is 155 Å². The summed E-state index contributed by atoms with van der Waals surface area (Å²) in [7, 11) is 0. The molecule has 0 saturated carbocycles. The zero-order valence-corrected chi connectivity index (χ0v) is 13.8. The predicted molar refractivity (Wildman–Crippen MR) is 91.6 cm³/mol. The van der Waals surface area contributed by atoms with Crippen LogP contribution in [0.4, 0.5) is 5.69 Å². The summed E-state index contributed by atoms with van der Waals surface area (Å²) < 4.78 is 0.949. The number of nitrogens with zero attached hydrogens (tertiary/aromatic N) is 4. The van der Waals surface area contributed by atoms with Crippen molar-refractivity contribution >= 4 is 23.0 Å². The van der Waals surface area contributed by atoms with Crippen molar-refractivity contribution in [1.29, 1.82) is 10.5 Å². The molecule has 1 aromatic heterocycles. The van der Waals surface area contributed by atoms with Gasteiger partial charge in [-0.2, -0.15) is 15.2 Å². The van der Waals surface area contributed by atoms with Crippen LogP contribution < -0.4 is 11.3 Å². The fraction of sp³-hybridized carbons (Fsp3) is 0.200. The van der Waals surface area contributed by atoms with Gasteiger partial charge in [-0.15, -0.1) is 0 Å². The largest absolute Gasteiger partial charge is 0.374 e. The average molecular weight is 356 g/mol. The zero-order valence-electron chi connectivity index (χ0n) is 13.0. The molecule has 9 nitrogen and oxygen atoms in total. The van der Waals surface area contributed by atoms with E-state index in [9.17, 15) is 25.4 Å². The molecule has 0 unspecified atom stereocenters. The van der Waals surface area contributed by atoms with Gasteiger partial charge in [-0.3, -0.25) is 20.0 Å².